The van der Waals surface area contributed by atoms with Gasteiger partial charge in [-0.1, -0.05) is 89.7 Å². The summed E-state index contributed by atoms with van der Waals surface area (Å²) in [6, 6.07) is 12.8. The zero-order valence-corrected chi connectivity index (χ0v) is 22.3. The maximum absolute atomic E-state index is 9.75. The van der Waals surface area contributed by atoms with Crippen molar-refractivity contribution in [3.05, 3.63) is 88.6 Å². The number of aryl methyl sites for hydroxylation is 3. The molecule has 1 aliphatic rings. The molecule has 2 heteroatoms. The third-order valence-electron chi connectivity index (χ3n) is 7.85. The van der Waals surface area contributed by atoms with E-state index in [-0.39, 0.29) is 44.7 Å². The van der Waals surface area contributed by atoms with E-state index in [1.54, 1.807) is 19.1 Å². The van der Waals surface area contributed by atoms with Crippen molar-refractivity contribution in [3.63, 3.8) is 0 Å². The standard InChI is InChI=1S/C38H44NO/c1-22(2)19-38(20-23(3)4)31-13-11-10-12-29(31)35-32(38)17-16-28-27-15-14-25(7)34(36(27)40-37(28)35)33-18-26(8)30(24(5)6)21-39(33)9/h10-18,21-24H,19-20H2,1-9H3/q+1/i1D3,2D3,3D3,4D3,5D3,8D3,19D2,22D,23D,24D. The minimum Gasteiger partial charge on any atom is -0.454 e. The number of fused-ring (bicyclic) bond motifs is 7. The normalized spacial score (nSPS) is 29.3. The molecule has 40 heavy (non-hydrogen) atoms. The molecule has 3 aromatic carbocycles. The molecule has 1 aliphatic carbocycles. The molecular weight excluding hydrogens is 486 g/mol. The molecule has 2 nitrogen and oxygen atoms in total. The number of rotatable bonds is 6. The maximum Gasteiger partial charge on any atom is 0.216 e. The van der Waals surface area contributed by atoms with Crippen molar-refractivity contribution in [3.8, 4) is 22.4 Å². The van der Waals surface area contributed by atoms with Crippen LogP contribution >= 0.6 is 0 Å². The zero-order chi connectivity index (χ0) is 48.1. The Bertz CT molecular complexity index is 2610. The summed E-state index contributed by atoms with van der Waals surface area (Å²) in [7, 11) is 1.52. The highest BCUT2D eigenvalue weighted by Gasteiger charge is 2.45. The molecule has 0 bridgehead atoms. The Morgan fingerprint density at radius 2 is 1.65 bits per heavy atom. The van der Waals surface area contributed by atoms with E-state index in [2.05, 4.69) is 0 Å². The van der Waals surface area contributed by atoms with E-state index in [9.17, 15) is 5.48 Å². The Kier molecular flexibility index (Phi) is 2.67. The van der Waals surface area contributed by atoms with Gasteiger partial charge in [0.15, 0.2) is 6.20 Å². The average Bonchev–Trinajstić information content (AvgIpc) is 3.62. The number of hydrogen-bond acceptors (Lipinski definition) is 1. The van der Waals surface area contributed by atoms with Crippen molar-refractivity contribution in [2.45, 2.75) is 79.1 Å². The number of nitrogens with zero attached hydrogens (tertiary/aromatic N) is 1. The van der Waals surface area contributed by atoms with E-state index in [4.69, 9.17) is 30.5 Å². The van der Waals surface area contributed by atoms with Gasteiger partial charge in [0.25, 0.3) is 0 Å². The van der Waals surface area contributed by atoms with Crippen LogP contribution in [0.5, 0.6) is 0 Å². The number of aromatic nitrogens is 1. The topological polar surface area (TPSA) is 17.0 Å². The Morgan fingerprint density at radius 1 is 0.900 bits per heavy atom. The van der Waals surface area contributed by atoms with Crippen LogP contribution in [0.15, 0.2) is 65.2 Å². The molecular formula is C38H44NO+. The van der Waals surface area contributed by atoms with Crippen LogP contribution in [0, 0.1) is 25.6 Å². The molecule has 0 fully saturated rings. The second-order valence-electron chi connectivity index (χ2n) is 10.4. The van der Waals surface area contributed by atoms with Crippen LogP contribution in [0.3, 0.4) is 0 Å². The number of pyridine rings is 1. The summed E-state index contributed by atoms with van der Waals surface area (Å²) in [4.78, 5) is 0. The van der Waals surface area contributed by atoms with Gasteiger partial charge in [-0.2, -0.15) is 0 Å². The molecule has 0 amide bonds. The van der Waals surface area contributed by atoms with E-state index >= 15 is 0 Å². The van der Waals surface area contributed by atoms with Crippen LogP contribution in [0.1, 0.15) is 119 Å². The summed E-state index contributed by atoms with van der Waals surface area (Å²) in [5, 5.41) is 0.707. The Morgan fingerprint density at radius 3 is 2.40 bits per heavy atom. The number of hydrogen-bond donors (Lipinski definition) is 0. The van der Waals surface area contributed by atoms with E-state index in [1.807, 2.05) is 0 Å². The van der Waals surface area contributed by atoms with Crippen molar-refractivity contribution in [1.82, 2.24) is 0 Å². The summed E-state index contributed by atoms with van der Waals surface area (Å²) in [5.74, 6) is -10.0. The predicted molar refractivity (Wildman–Crippen MR) is 169 cm³/mol. The van der Waals surface area contributed by atoms with Crippen molar-refractivity contribution in [1.29, 1.82) is 0 Å². The van der Waals surface area contributed by atoms with Gasteiger partial charge in [0.05, 0.1) is 5.56 Å². The van der Waals surface area contributed by atoms with E-state index < -0.39 is 82.6 Å². The minimum atomic E-state index is -4.09. The molecule has 0 spiro atoms. The van der Waals surface area contributed by atoms with Gasteiger partial charge in [-0.05, 0) is 72.1 Å². The highest BCUT2D eigenvalue weighted by molar-refractivity contribution is 6.14. The second kappa shape index (κ2) is 9.61. The second-order valence-corrected chi connectivity index (χ2v) is 10.4. The smallest absolute Gasteiger partial charge is 0.216 e. The fourth-order valence-electron chi connectivity index (χ4n) is 6.21. The molecule has 0 saturated carbocycles. The van der Waals surface area contributed by atoms with Crippen molar-refractivity contribution < 1.29 is 40.5 Å². The van der Waals surface area contributed by atoms with Crippen LogP contribution in [-0.2, 0) is 12.5 Å². The molecule has 5 aromatic rings. The molecule has 0 saturated heterocycles. The van der Waals surface area contributed by atoms with Gasteiger partial charge in [-0.15, -0.1) is 0 Å². The first kappa shape index (κ1) is 11.1. The highest BCUT2D eigenvalue weighted by atomic mass is 16.3. The van der Waals surface area contributed by atoms with Gasteiger partial charge in [-0.25, -0.2) is 4.57 Å². The van der Waals surface area contributed by atoms with E-state index in [0.29, 0.717) is 21.9 Å². The lowest BCUT2D eigenvalue weighted by Crippen LogP contribution is -2.32. The Labute approximate surface area is 272 Å². The van der Waals surface area contributed by atoms with E-state index in [1.165, 1.54) is 60.3 Å². The van der Waals surface area contributed by atoms with Crippen molar-refractivity contribution >= 4 is 21.9 Å². The third-order valence-corrected chi connectivity index (χ3v) is 7.85. The van der Waals surface area contributed by atoms with Crippen LogP contribution in [-0.4, -0.2) is 0 Å². The highest BCUT2D eigenvalue weighted by Crippen LogP contribution is 2.57. The first-order chi connectivity index (χ1) is 28.2. The van der Waals surface area contributed by atoms with Crippen LogP contribution in [0.25, 0.3) is 44.3 Å². The lowest BCUT2D eigenvalue weighted by Gasteiger charge is -2.35. The molecule has 2 aromatic heterocycles. The summed E-state index contributed by atoms with van der Waals surface area (Å²) < 4.78 is 204. The van der Waals surface area contributed by atoms with Crippen LogP contribution < -0.4 is 4.57 Å². The average molecular weight is 554 g/mol. The largest absolute Gasteiger partial charge is 0.454 e. The molecule has 0 N–H and O–H groups in total. The van der Waals surface area contributed by atoms with Crippen molar-refractivity contribution in [2.24, 2.45) is 18.8 Å². The maximum atomic E-state index is 9.75. The molecule has 6 rings (SSSR count). The summed E-state index contributed by atoms with van der Waals surface area (Å²) in [6.45, 7) is -18.4. The lowest BCUT2D eigenvalue weighted by molar-refractivity contribution is -0.660. The van der Waals surface area contributed by atoms with Crippen LogP contribution in [0.2, 0.25) is 0 Å². The number of furan rings is 1. The van der Waals surface area contributed by atoms with Gasteiger partial charge < -0.3 is 4.42 Å². The number of benzene rings is 3. The van der Waals surface area contributed by atoms with Gasteiger partial charge in [0, 0.05) is 64.9 Å². The van der Waals surface area contributed by atoms with E-state index in [0.717, 1.165) is 6.92 Å². The third kappa shape index (κ3) is 3.94. The lowest BCUT2D eigenvalue weighted by atomic mass is 9.68. The summed E-state index contributed by atoms with van der Waals surface area (Å²) in [5.41, 5.74) is -3.19. The molecule has 0 radical (unpaired) electrons. The Balaban J connectivity index is 1.81. The molecule has 206 valence electrons. The summed E-state index contributed by atoms with van der Waals surface area (Å²) >= 11 is 0. The Hall–Kier alpha value is -3.39. The summed E-state index contributed by atoms with van der Waals surface area (Å²) in [6.07, 6.45) is -4.23. The van der Waals surface area contributed by atoms with Gasteiger partial charge >= 0.3 is 0 Å². The first-order valence-corrected chi connectivity index (χ1v) is 12.8. The van der Waals surface area contributed by atoms with Crippen molar-refractivity contribution in [2.75, 3.05) is 0 Å². The van der Waals surface area contributed by atoms with Gasteiger partial charge in [0.1, 0.15) is 18.2 Å². The minimum absolute atomic E-state index is 0.0331. The monoisotopic (exact) mass is 553 g/mol. The predicted octanol–water partition coefficient (Wildman–Crippen LogP) is 10.2. The van der Waals surface area contributed by atoms with Gasteiger partial charge in [0.2, 0.25) is 5.69 Å². The molecule has 0 aliphatic heterocycles. The first-order valence-electron chi connectivity index (χ1n) is 24.3. The quantitative estimate of drug-likeness (QED) is 0.191. The molecule has 2 atom stereocenters. The van der Waals surface area contributed by atoms with Crippen LogP contribution in [0.4, 0.5) is 0 Å². The zero-order valence-electron chi connectivity index (χ0n) is 45.3. The molecule has 2 heterocycles. The fourth-order valence-corrected chi connectivity index (χ4v) is 6.21. The fraction of sp³-hybridized carbons (Fsp3) is 0.395. The van der Waals surface area contributed by atoms with Gasteiger partial charge in [-0.3, -0.25) is 0 Å². The SMILES string of the molecule is [2H]C([2H])([2H])c1cc(-c2c(C)ccc3c2oc2c4c(ccc23)C(CC([2H])(C([2H])([2H])[2H])C([2H])([2H])[2H])(C([2H])([2H])C([2H])(C([2H])([2H])[2H])C([2H])([2H])[2H])c2ccccc2-4)[n+](C)cc1C([2H])(C)C([2H])([2H])[2H]. The molecule has 2 unspecified atom stereocenters.